The van der Waals surface area contributed by atoms with Gasteiger partial charge in [-0.3, -0.25) is 15.8 Å². The number of rotatable bonds is 5. The van der Waals surface area contributed by atoms with E-state index in [1.807, 2.05) is 60.7 Å². The Morgan fingerprint density at radius 2 is 1.69 bits per heavy atom. The number of carbonyl (C=O) groups excluding carboxylic acids is 1. The second kappa shape index (κ2) is 8.27. The highest BCUT2D eigenvalue weighted by Crippen LogP contribution is 2.33. The number of hydrazine groups is 1. The Kier molecular flexibility index (Phi) is 5.61. The summed E-state index contributed by atoms with van der Waals surface area (Å²) in [6.07, 6.45) is 0. The van der Waals surface area contributed by atoms with Gasteiger partial charge in [-0.2, -0.15) is 0 Å². The fraction of sp³-hybridized carbons (Fsp3) is 0.0500. The second-order valence-electron chi connectivity index (χ2n) is 5.41. The zero-order valence-electron chi connectivity index (χ0n) is 14.1. The smallest absolute Gasteiger partial charge is 0.345 e. The SMILES string of the molecule is COc1ccccc1N(C(=O)NNc1cccc(Cl)c1)c1ccccc1. The third kappa shape index (κ3) is 4.07. The molecule has 2 N–H and O–H groups in total. The van der Waals surface area contributed by atoms with E-state index < -0.39 is 0 Å². The number of amides is 2. The Hall–Kier alpha value is -3.18. The van der Waals surface area contributed by atoms with Crippen molar-refractivity contribution < 1.29 is 9.53 Å². The average Bonchev–Trinajstić information content (AvgIpc) is 2.68. The third-order valence-corrected chi connectivity index (χ3v) is 3.92. The summed E-state index contributed by atoms with van der Waals surface area (Å²) in [5, 5.41) is 0.578. The van der Waals surface area contributed by atoms with Gasteiger partial charge in [-0.1, -0.05) is 48.0 Å². The first-order chi connectivity index (χ1) is 12.7. The van der Waals surface area contributed by atoms with Gasteiger partial charge in [-0.25, -0.2) is 4.79 Å². The topological polar surface area (TPSA) is 53.6 Å². The molecule has 0 spiro atoms. The van der Waals surface area contributed by atoms with Gasteiger partial charge in [-0.15, -0.1) is 0 Å². The first-order valence-electron chi connectivity index (χ1n) is 7.99. The Balaban J connectivity index is 1.89. The van der Waals surface area contributed by atoms with Crippen LogP contribution in [0.2, 0.25) is 5.02 Å². The number of anilines is 3. The van der Waals surface area contributed by atoms with Crippen molar-refractivity contribution in [2.45, 2.75) is 0 Å². The largest absolute Gasteiger partial charge is 0.495 e. The lowest BCUT2D eigenvalue weighted by molar-refractivity contribution is 0.250. The van der Waals surface area contributed by atoms with Crippen LogP contribution in [0.15, 0.2) is 78.9 Å². The molecule has 0 aliphatic rings. The van der Waals surface area contributed by atoms with Crippen LogP contribution < -0.4 is 20.5 Å². The van der Waals surface area contributed by atoms with Gasteiger partial charge < -0.3 is 4.74 Å². The number of nitrogens with one attached hydrogen (secondary N) is 2. The molecule has 3 rings (SSSR count). The summed E-state index contributed by atoms with van der Waals surface area (Å²) in [5.74, 6) is 0.592. The summed E-state index contributed by atoms with van der Waals surface area (Å²) >= 11 is 5.97. The summed E-state index contributed by atoms with van der Waals surface area (Å²) in [4.78, 5) is 14.5. The molecule has 3 aromatic rings. The quantitative estimate of drug-likeness (QED) is 0.607. The molecule has 6 heteroatoms. The summed E-state index contributed by atoms with van der Waals surface area (Å²) < 4.78 is 5.42. The third-order valence-electron chi connectivity index (χ3n) is 3.68. The lowest BCUT2D eigenvalue weighted by atomic mass is 10.2. The van der Waals surface area contributed by atoms with E-state index in [4.69, 9.17) is 16.3 Å². The average molecular weight is 368 g/mol. The van der Waals surface area contributed by atoms with E-state index in [0.29, 0.717) is 27.8 Å². The molecule has 0 saturated heterocycles. The molecule has 0 bridgehead atoms. The van der Waals surface area contributed by atoms with Gasteiger partial charge in [0.25, 0.3) is 0 Å². The number of para-hydroxylation sites is 3. The zero-order chi connectivity index (χ0) is 18.4. The Morgan fingerprint density at radius 3 is 2.42 bits per heavy atom. The van der Waals surface area contributed by atoms with Crippen molar-refractivity contribution in [3.63, 3.8) is 0 Å². The number of benzene rings is 3. The fourth-order valence-electron chi connectivity index (χ4n) is 2.51. The van der Waals surface area contributed by atoms with Gasteiger partial charge in [0.1, 0.15) is 5.75 Å². The Labute approximate surface area is 157 Å². The lowest BCUT2D eigenvalue weighted by Gasteiger charge is -2.25. The fourth-order valence-corrected chi connectivity index (χ4v) is 2.70. The standard InChI is InChI=1S/C20H18ClN3O2/c1-26-19-13-6-5-12-18(19)24(17-10-3-2-4-11-17)20(25)23-22-16-9-7-8-15(21)14-16/h2-14,22H,1H3,(H,23,25). The number of carbonyl (C=O) groups is 1. The molecular weight excluding hydrogens is 350 g/mol. The molecule has 0 unspecified atom stereocenters. The van der Waals surface area contributed by atoms with E-state index in [1.165, 1.54) is 4.90 Å². The number of hydrogen-bond acceptors (Lipinski definition) is 3. The monoisotopic (exact) mass is 367 g/mol. The normalized spacial score (nSPS) is 10.1. The maximum Gasteiger partial charge on any atom is 0.345 e. The van der Waals surface area contributed by atoms with E-state index in [1.54, 1.807) is 25.3 Å². The molecule has 0 radical (unpaired) electrons. The van der Waals surface area contributed by atoms with Gasteiger partial charge in [0.2, 0.25) is 0 Å². The Bertz CT molecular complexity index is 887. The van der Waals surface area contributed by atoms with Crippen LogP contribution >= 0.6 is 11.6 Å². The molecule has 132 valence electrons. The van der Waals surface area contributed by atoms with Crippen LogP contribution in [0.1, 0.15) is 0 Å². The first kappa shape index (κ1) is 17.6. The van der Waals surface area contributed by atoms with Gasteiger partial charge in [-0.05, 0) is 42.5 Å². The minimum absolute atomic E-state index is 0.360. The van der Waals surface area contributed by atoms with E-state index >= 15 is 0 Å². The van der Waals surface area contributed by atoms with Crippen molar-refractivity contribution >= 4 is 34.7 Å². The molecule has 0 aliphatic heterocycles. The maximum atomic E-state index is 12.9. The van der Waals surface area contributed by atoms with Crippen LogP contribution in [-0.4, -0.2) is 13.1 Å². The maximum absolute atomic E-state index is 12.9. The lowest BCUT2D eigenvalue weighted by Crippen LogP contribution is -2.40. The summed E-state index contributed by atoms with van der Waals surface area (Å²) in [5.41, 5.74) is 7.59. The van der Waals surface area contributed by atoms with Crippen molar-refractivity contribution in [2.75, 3.05) is 17.4 Å². The van der Waals surface area contributed by atoms with E-state index in [0.717, 1.165) is 0 Å². The van der Waals surface area contributed by atoms with E-state index in [9.17, 15) is 4.79 Å². The molecule has 0 heterocycles. The van der Waals surface area contributed by atoms with Gasteiger partial charge >= 0.3 is 6.03 Å². The predicted octanol–water partition coefficient (Wildman–Crippen LogP) is 5.22. The number of nitrogens with zero attached hydrogens (tertiary/aromatic N) is 1. The first-order valence-corrected chi connectivity index (χ1v) is 8.36. The van der Waals surface area contributed by atoms with Crippen LogP contribution in [0.25, 0.3) is 0 Å². The minimum Gasteiger partial charge on any atom is -0.495 e. The summed E-state index contributed by atoms with van der Waals surface area (Å²) in [7, 11) is 1.57. The van der Waals surface area contributed by atoms with Crippen molar-refractivity contribution in [2.24, 2.45) is 0 Å². The van der Waals surface area contributed by atoms with E-state index in [2.05, 4.69) is 10.9 Å². The van der Waals surface area contributed by atoms with Crippen LogP contribution in [0, 0.1) is 0 Å². The molecule has 0 saturated carbocycles. The molecule has 26 heavy (non-hydrogen) atoms. The van der Waals surface area contributed by atoms with Crippen LogP contribution in [0.3, 0.4) is 0 Å². The van der Waals surface area contributed by atoms with Crippen LogP contribution in [-0.2, 0) is 0 Å². The van der Waals surface area contributed by atoms with Crippen LogP contribution in [0.4, 0.5) is 21.9 Å². The van der Waals surface area contributed by atoms with E-state index in [-0.39, 0.29) is 6.03 Å². The number of methoxy groups -OCH3 is 1. The van der Waals surface area contributed by atoms with Gasteiger partial charge in [0.15, 0.2) is 0 Å². The number of halogens is 1. The highest BCUT2D eigenvalue weighted by molar-refractivity contribution is 6.30. The van der Waals surface area contributed by atoms with Crippen molar-refractivity contribution in [3.05, 3.63) is 83.9 Å². The molecule has 2 amide bonds. The molecule has 3 aromatic carbocycles. The number of ether oxygens (including phenoxy) is 1. The molecule has 0 atom stereocenters. The summed E-state index contributed by atoms with van der Waals surface area (Å²) in [6.45, 7) is 0. The zero-order valence-corrected chi connectivity index (χ0v) is 14.9. The molecule has 0 aromatic heterocycles. The highest BCUT2D eigenvalue weighted by Gasteiger charge is 2.21. The van der Waals surface area contributed by atoms with Crippen molar-refractivity contribution in [1.29, 1.82) is 0 Å². The molecule has 5 nitrogen and oxygen atoms in total. The second-order valence-corrected chi connectivity index (χ2v) is 5.84. The minimum atomic E-state index is -0.360. The van der Waals surface area contributed by atoms with Gasteiger partial charge in [0, 0.05) is 5.02 Å². The molecule has 0 aliphatic carbocycles. The molecule has 0 fully saturated rings. The Morgan fingerprint density at radius 1 is 0.962 bits per heavy atom. The highest BCUT2D eigenvalue weighted by atomic mass is 35.5. The van der Waals surface area contributed by atoms with Crippen molar-refractivity contribution in [1.82, 2.24) is 5.43 Å². The summed E-state index contributed by atoms with van der Waals surface area (Å²) in [6, 6.07) is 23.4. The van der Waals surface area contributed by atoms with Crippen LogP contribution in [0.5, 0.6) is 5.75 Å². The predicted molar refractivity (Wildman–Crippen MR) is 105 cm³/mol. The van der Waals surface area contributed by atoms with Gasteiger partial charge in [0.05, 0.1) is 24.2 Å². The molecular formula is C20H18ClN3O2. The number of urea groups is 1. The van der Waals surface area contributed by atoms with Crippen molar-refractivity contribution in [3.8, 4) is 5.75 Å². The number of hydrogen-bond donors (Lipinski definition) is 2.